The lowest BCUT2D eigenvalue weighted by Crippen LogP contribution is -2.26. The average molecular weight is 231 g/mol. The number of hydrogen-bond donors (Lipinski definition) is 0. The molecule has 17 heavy (non-hydrogen) atoms. The van der Waals surface area contributed by atoms with E-state index in [1.807, 2.05) is 24.3 Å². The van der Waals surface area contributed by atoms with Crippen molar-refractivity contribution in [1.29, 1.82) is 0 Å². The molecule has 0 N–H and O–H groups in total. The Balaban J connectivity index is 2.40. The largest absolute Gasteiger partial charge is 0.497 e. The summed E-state index contributed by atoms with van der Waals surface area (Å²) in [5.41, 5.74) is 9.52. The standard InChI is InChI=1S/C13H17N3O/c1-17-12-7-5-6-11(10-12)13(15-16-14)8-3-2-4-9-13/h5-7,10H,2-4,8-9H2,1H3. The number of azide groups is 1. The van der Waals surface area contributed by atoms with Gasteiger partial charge in [-0.25, -0.2) is 0 Å². The van der Waals surface area contributed by atoms with Crippen molar-refractivity contribution >= 4 is 0 Å². The Kier molecular flexibility index (Phi) is 3.55. The van der Waals surface area contributed by atoms with Gasteiger partial charge in [-0.15, -0.1) is 0 Å². The van der Waals surface area contributed by atoms with Crippen molar-refractivity contribution < 1.29 is 4.74 Å². The third kappa shape index (κ3) is 2.37. The summed E-state index contributed by atoms with van der Waals surface area (Å²) >= 11 is 0. The number of rotatable bonds is 3. The molecule has 0 atom stereocenters. The Morgan fingerprint density at radius 3 is 2.71 bits per heavy atom. The summed E-state index contributed by atoms with van der Waals surface area (Å²) in [6.07, 6.45) is 5.34. The first kappa shape index (κ1) is 11.8. The lowest BCUT2D eigenvalue weighted by Gasteiger charge is -2.33. The second-order valence-electron chi connectivity index (χ2n) is 4.51. The minimum atomic E-state index is -0.360. The lowest BCUT2D eigenvalue weighted by atomic mass is 9.77. The van der Waals surface area contributed by atoms with Crippen molar-refractivity contribution in [3.8, 4) is 5.75 Å². The lowest BCUT2D eigenvalue weighted by molar-refractivity contribution is 0.300. The molecule has 0 radical (unpaired) electrons. The zero-order valence-electron chi connectivity index (χ0n) is 10.1. The predicted molar refractivity (Wildman–Crippen MR) is 66.9 cm³/mol. The highest BCUT2D eigenvalue weighted by Gasteiger charge is 2.33. The van der Waals surface area contributed by atoms with Gasteiger partial charge in [0.15, 0.2) is 0 Å². The monoisotopic (exact) mass is 231 g/mol. The van der Waals surface area contributed by atoms with Crippen LogP contribution in [0.25, 0.3) is 10.4 Å². The highest BCUT2D eigenvalue weighted by atomic mass is 16.5. The topological polar surface area (TPSA) is 58.0 Å². The van der Waals surface area contributed by atoms with Gasteiger partial charge in [0.1, 0.15) is 5.75 Å². The van der Waals surface area contributed by atoms with E-state index in [2.05, 4.69) is 10.0 Å². The van der Waals surface area contributed by atoms with Crippen LogP contribution in [0, 0.1) is 0 Å². The van der Waals surface area contributed by atoms with Crippen molar-refractivity contribution in [3.63, 3.8) is 0 Å². The highest BCUT2D eigenvalue weighted by Crippen LogP contribution is 2.41. The van der Waals surface area contributed by atoms with E-state index in [-0.39, 0.29) is 5.54 Å². The van der Waals surface area contributed by atoms with Gasteiger partial charge in [0.2, 0.25) is 0 Å². The highest BCUT2D eigenvalue weighted by molar-refractivity contribution is 5.34. The van der Waals surface area contributed by atoms with Crippen LogP contribution < -0.4 is 4.74 Å². The Labute approximate surface area is 101 Å². The maximum Gasteiger partial charge on any atom is 0.119 e. The second-order valence-corrected chi connectivity index (χ2v) is 4.51. The van der Waals surface area contributed by atoms with E-state index in [1.54, 1.807) is 7.11 Å². The molecule has 1 fully saturated rings. The maximum absolute atomic E-state index is 8.80. The van der Waals surface area contributed by atoms with Gasteiger partial charge < -0.3 is 4.74 Å². The normalized spacial score (nSPS) is 18.2. The van der Waals surface area contributed by atoms with Crippen LogP contribution in [-0.4, -0.2) is 7.11 Å². The predicted octanol–water partition coefficient (Wildman–Crippen LogP) is 4.16. The summed E-state index contributed by atoms with van der Waals surface area (Å²) in [4.78, 5) is 3.05. The molecule has 0 spiro atoms. The fourth-order valence-electron chi connectivity index (χ4n) is 2.58. The molecule has 0 aliphatic heterocycles. The van der Waals surface area contributed by atoms with Crippen molar-refractivity contribution in [2.75, 3.05) is 7.11 Å². The van der Waals surface area contributed by atoms with Gasteiger partial charge in [0.05, 0.1) is 12.6 Å². The summed E-state index contributed by atoms with van der Waals surface area (Å²) in [5.74, 6) is 0.820. The molecular weight excluding hydrogens is 214 g/mol. The molecule has 2 rings (SSSR count). The zero-order valence-corrected chi connectivity index (χ0v) is 10.1. The molecule has 0 bridgehead atoms. The molecule has 0 saturated heterocycles. The van der Waals surface area contributed by atoms with Crippen LogP contribution in [0.3, 0.4) is 0 Å². The average Bonchev–Trinajstić information content (AvgIpc) is 2.40. The van der Waals surface area contributed by atoms with Gasteiger partial charge in [-0.1, -0.05) is 36.5 Å². The summed E-state index contributed by atoms with van der Waals surface area (Å²) < 4.78 is 5.23. The smallest absolute Gasteiger partial charge is 0.119 e. The zero-order chi connectivity index (χ0) is 12.1. The van der Waals surface area contributed by atoms with E-state index in [9.17, 15) is 0 Å². The van der Waals surface area contributed by atoms with Crippen molar-refractivity contribution in [1.82, 2.24) is 0 Å². The van der Waals surface area contributed by atoms with Crippen LogP contribution >= 0.6 is 0 Å². The Bertz CT molecular complexity index is 432. The molecule has 4 nitrogen and oxygen atoms in total. The van der Waals surface area contributed by atoms with E-state index in [0.717, 1.165) is 37.0 Å². The number of nitrogens with zero attached hydrogens (tertiary/aromatic N) is 3. The molecule has 0 aromatic heterocycles. The fourth-order valence-corrected chi connectivity index (χ4v) is 2.58. The molecule has 1 aromatic rings. The van der Waals surface area contributed by atoms with Crippen LogP contribution in [-0.2, 0) is 5.54 Å². The summed E-state index contributed by atoms with van der Waals surface area (Å²) in [5, 5.41) is 4.09. The van der Waals surface area contributed by atoms with Crippen LogP contribution in [0.2, 0.25) is 0 Å². The first-order valence-electron chi connectivity index (χ1n) is 6.01. The van der Waals surface area contributed by atoms with Gasteiger partial charge >= 0.3 is 0 Å². The summed E-state index contributed by atoms with van der Waals surface area (Å²) in [6, 6.07) is 7.88. The minimum Gasteiger partial charge on any atom is -0.497 e. The van der Waals surface area contributed by atoms with Crippen molar-refractivity contribution in [2.24, 2.45) is 5.11 Å². The molecule has 1 aliphatic carbocycles. The number of ether oxygens (including phenoxy) is 1. The van der Waals surface area contributed by atoms with E-state index in [0.29, 0.717) is 0 Å². The molecule has 4 heteroatoms. The molecule has 1 aliphatic rings. The fraction of sp³-hybridized carbons (Fsp3) is 0.538. The van der Waals surface area contributed by atoms with Gasteiger partial charge in [0, 0.05) is 4.91 Å². The Morgan fingerprint density at radius 1 is 1.29 bits per heavy atom. The summed E-state index contributed by atoms with van der Waals surface area (Å²) in [6.45, 7) is 0. The second kappa shape index (κ2) is 5.11. The van der Waals surface area contributed by atoms with Gasteiger partial charge in [0.25, 0.3) is 0 Å². The first-order chi connectivity index (χ1) is 8.30. The minimum absolute atomic E-state index is 0.360. The first-order valence-corrected chi connectivity index (χ1v) is 6.01. The Morgan fingerprint density at radius 2 is 2.06 bits per heavy atom. The maximum atomic E-state index is 8.80. The van der Waals surface area contributed by atoms with Crippen LogP contribution in [0.1, 0.15) is 37.7 Å². The van der Waals surface area contributed by atoms with Gasteiger partial charge in [-0.05, 0) is 36.1 Å². The number of benzene rings is 1. The third-order valence-corrected chi connectivity index (χ3v) is 3.52. The molecule has 1 saturated carbocycles. The Hall–Kier alpha value is -1.67. The van der Waals surface area contributed by atoms with Crippen LogP contribution in [0.15, 0.2) is 29.4 Å². The van der Waals surface area contributed by atoms with E-state index < -0.39 is 0 Å². The van der Waals surface area contributed by atoms with Gasteiger partial charge in [-0.3, -0.25) is 0 Å². The molecule has 1 aromatic carbocycles. The van der Waals surface area contributed by atoms with E-state index >= 15 is 0 Å². The molecule has 90 valence electrons. The summed E-state index contributed by atoms with van der Waals surface area (Å²) in [7, 11) is 1.65. The molecule has 0 unspecified atom stereocenters. The van der Waals surface area contributed by atoms with Crippen molar-refractivity contribution in [3.05, 3.63) is 40.3 Å². The van der Waals surface area contributed by atoms with E-state index in [1.165, 1.54) is 6.42 Å². The molecule has 0 amide bonds. The number of hydrogen-bond acceptors (Lipinski definition) is 2. The van der Waals surface area contributed by atoms with Crippen LogP contribution in [0.5, 0.6) is 5.75 Å². The quantitative estimate of drug-likeness (QED) is 0.437. The van der Waals surface area contributed by atoms with E-state index in [4.69, 9.17) is 10.3 Å². The molecular formula is C13H17N3O. The van der Waals surface area contributed by atoms with Gasteiger partial charge in [-0.2, -0.15) is 0 Å². The number of methoxy groups -OCH3 is 1. The third-order valence-electron chi connectivity index (χ3n) is 3.52. The van der Waals surface area contributed by atoms with Crippen LogP contribution in [0.4, 0.5) is 0 Å². The molecule has 0 heterocycles. The van der Waals surface area contributed by atoms with Crippen molar-refractivity contribution in [2.45, 2.75) is 37.6 Å². The SMILES string of the molecule is COc1cccc(C2(N=[N+]=[N-])CCCCC2)c1.